The third-order valence-electron chi connectivity index (χ3n) is 4.34. The van der Waals surface area contributed by atoms with Gasteiger partial charge in [-0.15, -0.1) is 0 Å². The lowest BCUT2D eigenvalue weighted by Crippen LogP contribution is -2.33. The highest BCUT2D eigenvalue weighted by Gasteiger charge is 2.33. The Labute approximate surface area is 168 Å². The van der Waals surface area contributed by atoms with Gasteiger partial charge >= 0.3 is 6.09 Å². The van der Waals surface area contributed by atoms with Crippen molar-refractivity contribution in [3.63, 3.8) is 0 Å². The molecule has 1 N–H and O–H groups in total. The number of carbonyl (C=O) groups is 2. The topological polar surface area (TPSA) is 115 Å². The molecule has 2 amide bonds. The van der Waals surface area contributed by atoms with Crippen molar-refractivity contribution in [3.8, 4) is 17.1 Å². The molecule has 0 radical (unpaired) electrons. The first kappa shape index (κ1) is 19.4. The molecule has 1 aliphatic heterocycles. The number of benzene rings is 1. The van der Waals surface area contributed by atoms with Gasteiger partial charge in [0.2, 0.25) is 5.91 Å². The Morgan fingerprint density at radius 2 is 1.97 bits per heavy atom. The molecule has 1 saturated heterocycles. The molecule has 1 atom stereocenters. The van der Waals surface area contributed by atoms with Gasteiger partial charge in [-0.2, -0.15) is 9.78 Å². The smallest absolute Gasteiger partial charge is 0.414 e. The van der Waals surface area contributed by atoms with Gasteiger partial charge in [-0.25, -0.2) is 28.5 Å². The number of hydrogen-bond donors (Lipinski definition) is 1. The Balaban J connectivity index is 1.57. The lowest BCUT2D eigenvalue weighted by Gasteiger charge is -2.15. The fourth-order valence-electron chi connectivity index (χ4n) is 2.97. The van der Waals surface area contributed by atoms with Crippen molar-refractivity contribution in [1.29, 1.82) is 0 Å². The van der Waals surface area contributed by atoms with Crippen LogP contribution in [0.15, 0.2) is 37.2 Å². The molecule has 1 aromatic carbocycles. The molecular formula is C18H15F2N7O3. The molecule has 3 aromatic rings. The highest BCUT2D eigenvalue weighted by atomic mass is 19.1. The quantitative estimate of drug-likeness (QED) is 0.671. The number of hydrogen-bond acceptors (Lipinski definition) is 7. The minimum Gasteiger partial charge on any atom is -0.442 e. The van der Waals surface area contributed by atoms with Crippen LogP contribution in [-0.2, 0) is 9.53 Å². The van der Waals surface area contributed by atoms with E-state index in [4.69, 9.17) is 4.74 Å². The summed E-state index contributed by atoms with van der Waals surface area (Å²) in [4.78, 5) is 36.0. The summed E-state index contributed by atoms with van der Waals surface area (Å²) in [6.45, 7) is 1.49. The molecule has 1 aliphatic rings. The molecule has 0 saturated carbocycles. The second-order valence-corrected chi connectivity index (χ2v) is 6.45. The molecule has 12 heteroatoms. The largest absolute Gasteiger partial charge is 0.442 e. The molecule has 0 bridgehead atoms. The van der Waals surface area contributed by atoms with E-state index in [1.807, 2.05) is 0 Å². The van der Waals surface area contributed by atoms with E-state index in [1.165, 1.54) is 36.7 Å². The first-order chi connectivity index (χ1) is 14.4. The summed E-state index contributed by atoms with van der Waals surface area (Å²) in [7, 11) is 0. The SMILES string of the molecule is CC(=O)NC[C@H]1CN(c2cc(F)c(-c3cnc(-n4cncn4)nc3)c(F)c2)C(=O)O1. The third-order valence-corrected chi connectivity index (χ3v) is 4.34. The van der Waals surface area contributed by atoms with Crippen molar-refractivity contribution in [2.75, 3.05) is 18.0 Å². The summed E-state index contributed by atoms with van der Waals surface area (Å²) in [5.74, 6) is -1.86. The van der Waals surface area contributed by atoms with Gasteiger partial charge in [-0.3, -0.25) is 9.69 Å². The monoisotopic (exact) mass is 415 g/mol. The van der Waals surface area contributed by atoms with Crippen LogP contribution in [0.25, 0.3) is 17.1 Å². The Morgan fingerprint density at radius 1 is 1.27 bits per heavy atom. The number of cyclic esters (lactones) is 1. The van der Waals surface area contributed by atoms with E-state index < -0.39 is 23.8 Å². The molecule has 0 unspecified atom stereocenters. The fourth-order valence-corrected chi connectivity index (χ4v) is 2.97. The van der Waals surface area contributed by atoms with Crippen molar-refractivity contribution in [2.45, 2.75) is 13.0 Å². The molecule has 0 aliphatic carbocycles. The van der Waals surface area contributed by atoms with E-state index in [2.05, 4.69) is 25.4 Å². The maximum atomic E-state index is 14.7. The molecule has 2 aromatic heterocycles. The predicted octanol–water partition coefficient (Wildman–Crippen LogP) is 1.46. The van der Waals surface area contributed by atoms with Crippen LogP contribution in [0, 0.1) is 11.6 Å². The summed E-state index contributed by atoms with van der Waals surface area (Å²) in [5.41, 5.74) is -0.205. The summed E-state index contributed by atoms with van der Waals surface area (Å²) in [5, 5.41) is 6.41. The normalized spacial score (nSPS) is 15.9. The third kappa shape index (κ3) is 3.79. The van der Waals surface area contributed by atoms with Gasteiger partial charge in [-0.1, -0.05) is 0 Å². The van der Waals surface area contributed by atoms with Crippen LogP contribution in [0.2, 0.25) is 0 Å². The summed E-state index contributed by atoms with van der Waals surface area (Å²) < 4.78 is 35.9. The number of halogens is 2. The molecule has 30 heavy (non-hydrogen) atoms. The van der Waals surface area contributed by atoms with Crippen LogP contribution in [0.3, 0.4) is 0 Å². The number of nitrogens with zero attached hydrogens (tertiary/aromatic N) is 6. The van der Waals surface area contributed by atoms with E-state index in [0.29, 0.717) is 0 Å². The maximum absolute atomic E-state index is 14.7. The lowest BCUT2D eigenvalue weighted by molar-refractivity contribution is -0.119. The van der Waals surface area contributed by atoms with E-state index >= 15 is 0 Å². The zero-order chi connectivity index (χ0) is 21.3. The van der Waals surface area contributed by atoms with Crippen molar-refractivity contribution in [1.82, 2.24) is 30.0 Å². The molecule has 0 spiro atoms. The van der Waals surface area contributed by atoms with Crippen LogP contribution in [0.1, 0.15) is 6.92 Å². The van der Waals surface area contributed by atoms with Crippen molar-refractivity contribution in [3.05, 3.63) is 48.8 Å². The molecular weight excluding hydrogens is 400 g/mol. The average Bonchev–Trinajstić information content (AvgIpc) is 3.36. The number of ether oxygens (including phenoxy) is 1. The van der Waals surface area contributed by atoms with Crippen LogP contribution < -0.4 is 10.2 Å². The van der Waals surface area contributed by atoms with E-state index in [0.717, 1.165) is 17.0 Å². The number of carbonyl (C=O) groups excluding carboxylic acids is 2. The zero-order valence-corrected chi connectivity index (χ0v) is 15.6. The van der Waals surface area contributed by atoms with Crippen molar-refractivity contribution in [2.24, 2.45) is 0 Å². The summed E-state index contributed by atoms with van der Waals surface area (Å²) in [6, 6.07) is 2.07. The number of rotatable bonds is 5. The van der Waals surface area contributed by atoms with E-state index in [1.54, 1.807) is 0 Å². The number of aromatic nitrogens is 5. The first-order valence-electron chi connectivity index (χ1n) is 8.81. The van der Waals surface area contributed by atoms with Gasteiger partial charge in [0.25, 0.3) is 5.95 Å². The van der Waals surface area contributed by atoms with Gasteiger partial charge in [-0.05, 0) is 12.1 Å². The second kappa shape index (κ2) is 7.81. The number of amides is 2. The molecule has 154 valence electrons. The van der Waals surface area contributed by atoms with Crippen LogP contribution in [0.4, 0.5) is 19.3 Å². The minimum absolute atomic E-state index is 0.00392. The van der Waals surface area contributed by atoms with Crippen LogP contribution in [0.5, 0.6) is 0 Å². The van der Waals surface area contributed by atoms with Gasteiger partial charge < -0.3 is 10.1 Å². The van der Waals surface area contributed by atoms with Crippen molar-refractivity contribution < 1.29 is 23.1 Å². The molecule has 3 heterocycles. The summed E-state index contributed by atoms with van der Waals surface area (Å²) >= 11 is 0. The van der Waals surface area contributed by atoms with E-state index in [-0.39, 0.29) is 41.8 Å². The molecule has 4 rings (SSSR count). The Morgan fingerprint density at radius 3 is 2.57 bits per heavy atom. The highest BCUT2D eigenvalue weighted by Crippen LogP contribution is 2.31. The maximum Gasteiger partial charge on any atom is 0.414 e. The first-order valence-corrected chi connectivity index (χ1v) is 8.81. The van der Waals surface area contributed by atoms with Gasteiger partial charge in [0, 0.05) is 24.9 Å². The Bertz CT molecular complexity index is 1070. The minimum atomic E-state index is -0.889. The number of anilines is 1. The summed E-state index contributed by atoms with van der Waals surface area (Å²) in [6.07, 6.45) is 3.85. The standard InChI is InChI=1S/C18H15F2N7O3/c1-10(28)22-6-13-7-26(18(29)30-13)12-2-14(19)16(15(20)3-12)11-4-23-17(24-5-11)27-9-21-8-25-27/h2-5,8-9,13H,6-7H2,1H3,(H,22,28)/t13-/m0/s1. The second-order valence-electron chi connectivity index (χ2n) is 6.45. The Kier molecular flexibility index (Phi) is 5.04. The van der Waals surface area contributed by atoms with Gasteiger partial charge in [0.15, 0.2) is 0 Å². The Hall–Kier alpha value is -3.96. The lowest BCUT2D eigenvalue weighted by atomic mass is 10.1. The van der Waals surface area contributed by atoms with Gasteiger partial charge in [0.1, 0.15) is 30.4 Å². The highest BCUT2D eigenvalue weighted by molar-refractivity contribution is 5.90. The van der Waals surface area contributed by atoms with Crippen LogP contribution in [-0.4, -0.2) is 55.9 Å². The average molecular weight is 415 g/mol. The van der Waals surface area contributed by atoms with Gasteiger partial charge in [0.05, 0.1) is 24.3 Å². The number of nitrogens with one attached hydrogen (secondary N) is 1. The van der Waals surface area contributed by atoms with Crippen LogP contribution >= 0.6 is 0 Å². The van der Waals surface area contributed by atoms with Crippen molar-refractivity contribution >= 4 is 17.7 Å². The fraction of sp³-hybridized carbons (Fsp3) is 0.222. The molecule has 10 nitrogen and oxygen atoms in total. The zero-order valence-electron chi connectivity index (χ0n) is 15.6. The predicted molar refractivity (Wildman–Crippen MR) is 98.6 cm³/mol. The van der Waals surface area contributed by atoms with E-state index in [9.17, 15) is 18.4 Å². The molecule has 1 fully saturated rings.